The maximum absolute atomic E-state index is 13.3. The number of carbonyl (C=O) groups is 1. The van der Waals surface area contributed by atoms with Crippen LogP contribution in [0.1, 0.15) is 20.3 Å². The van der Waals surface area contributed by atoms with Crippen LogP contribution in [0.3, 0.4) is 0 Å². The largest absolute Gasteiger partial charge is 0.466 e. The number of halogens is 1. The molecule has 8 nitrogen and oxygen atoms in total. The summed E-state index contributed by atoms with van der Waals surface area (Å²) < 4.78 is 18.2. The number of H-pyrrole nitrogens is 1. The Labute approximate surface area is 136 Å². The summed E-state index contributed by atoms with van der Waals surface area (Å²) in [6, 6.07) is 4.34. The molecular formula is C15H15FN6O2. The summed E-state index contributed by atoms with van der Waals surface area (Å²) in [5.41, 5.74) is 4.82. The van der Waals surface area contributed by atoms with E-state index >= 15 is 0 Å². The molecule has 124 valence electrons. The molecule has 0 saturated heterocycles. The van der Waals surface area contributed by atoms with Crippen LogP contribution in [0, 0.1) is 5.82 Å². The summed E-state index contributed by atoms with van der Waals surface area (Å²) in [5, 5.41) is 12.6. The Balaban J connectivity index is 1.81. The van der Waals surface area contributed by atoms with E-state index in [1.165, 1.54) is 12.1 Å². The molecule has 24 heavy (non-hydrogen) atoms. The number of hydrogen-bond acceptors (Lipinski definition) is 7. The van der Waals surface area contributed by atoms with Crippen molar-refractivity contribution in [3.8, 4) is 0 Å². The second-order valence-corrected chi connectivity index (χ2v) is 5.09. The molecule has 1 aromatic carbocycles. The molecule has 0 fully saturated rings. The lowest BCUT2D eigenvalue weighted by atomic mass is 10.2. The van der Waals surface area contributed by atoms with Crippen molar-refractivity contribution in [1.29, 1.82) is 0 Å². The van der Waals surface area contributed by atoms with Gasteiger partial charge in [-0.3, -0.25) is 4.79 Å². The van der Waals surface area contributed by atoms with Crippen LogP contribution in [0.2, 0.25) is 0 Å². The molecule has 0 atom stereocenters. The first-order valence-electron chi connectivity index (χ1n) is 7.33. The fourth-order valence-electron chi connectivity index (χ4n) is 2.20. The zero-order chi connectivity index (χ0) is 17.1. The van der Waals surface area contributed by atoms with E-state index in [0.717, 1.165) is 0 Å². The second-order valence-electron chi connectivity index (χ2n) is 5.09. The molecule has 0 bridgehead atoms. The Kier molecular flexibility index (Phi) is 4.32. The molecule has 0 spiro atoms. The van der Waals surface area contributed by atoms with Gasteiger partial charge >= 0.3 is 5.97 Å². The number of hydrogen-bond donors (Lipinski definition) is 2. The minimum Gasteiger partial charge on any atom is -0.466 e. The van der Waals surface area contributed by atoms with Gasteiger partial charge in [0.05, 0.1) is 13.0 Å². The zero-order valence-corrected chi connectivity index (χ0v) is 13.1. The summed E-state index contributed by atoms with van der Waals surface area (Å²) in [7, 11) is 0. The van der Waals surface area contributed by atoms with Crippen LogP contribution in [0.25, 0.3) is 22.1 Å². The molecule has 2 N–H and O–H groups in total. The van der Waals surface area contributed by atoms with Gasteiger partial charge in [-0.25, -0.2) is 9.82 Å². The molecule has 3 rings (SSSR count). The van der Waals surface area contributed by atoms with Gasteiger partial charge in [-0.2, -0.15) is 10.1 Å². The number of carbonyl (C=O) groups excluding carboxylic acids is 1. The van der Waals surface area contributed by atoms with Gasteiger partial charge in [0.1, 0.15) is 11.3 Å². The third-order valence-electron chi connectivity index (χ3n) is 3.23. The topological polar surface area (TPSA) is 105 Å². The molecule has 0 radical (unpaired) electrons. The molecule has 0 saturated carbocycles. The van der Waals surface area contributed by atoms with Crippen molar-refractivity contribution in [2.75, 3.05) is 12.0 Å². The smallest absolute Gasteiger partial charge is 0.311 e. The second kappa shape index (κ2) is 6.57. The number of anilines is 1. The first kappa shape index (κ1) is 15.8. The van der Waals surface area contributed by atoms with Crippen molar-refractivity contribution in [2.24, 2.45) is 5.10 Å². The average molecular weight is 330 g/mol. The van der Waals surface area contributed by atoms with Crippen LogP contribution >= 0.6 is 0 Å². The first-order valence-corrected chi connectivity index (χ1v) is 7.33. The van der Waals surface area contributed by atoms with E-state index in [2.05, 4.69) is 30.7 Å². The van der Waals surface area contributed by atoms with Crippen LogP contribution < -0.4 is 5.43 Å². The third kappa shape index (κ3) is 3.29. The summed E-state index contributed by atoms with van der Waals surface area (Å²) in [4.78, 5) is 18.6. The van der Waals surface area contributed by atoms with Crippen molar-refractivity contribution in [2.45, 2.75) is 20.3 Å². The van der Waals surface area contributed by atoms with Gasteiger partial charge in [-0.05, 0) is 32.0 Å². The molecule has 3 aromatic rings. The molecule has 0 unspecified atom stereocenters. The summed E-state index contributed by atoms with van der Waals surface area (Å²) in [6.45, 7) is 3.75. The van der Waals surface area contributed by atoms with Crippen molar-refractivity contribution in [3.63, 3.8) is 0 Å². The van der Waals surface area contributed by atoms with Gasteiger partial charge in [0, 0.05) is 16.6 Å². The van der Waals surface area contributed by atoms with Gasteiger partial charge in [-0.15, -0.1) is 10.2 Å². The van der Waals surface area contributed by atoms with Crippen LogP contribution in [-0.2, 0) is 9.53 Å². The van der Waals surface area contributed by atoms with E-state index in [4.69, 9.17) is 4.74 Å². The highest BCUT2D eigenvalue weighted by molar-refractivity contribution is 6.03. The Bertz CT molecular complexity index is 936. The number of rotatable bonds is 5. The van der Waals surface area contributed by atoms with E-state index in [9.17, 15) is 9.18 Å². The van der Waals surface area contributed by atoms with Crippen LogP contribution in [-0.4, -0.2) is 38.5 Å². The van der Waals surface area contributed by atoms with Crippen molar-refractivity contribution in [1.82, 2.24) is 20.2 Å². The monoisotopic (exact) mass is 330 g/mol. The van der Waals surface area contributed by atoms with Crippen molar-refractivity contribution >= 4 is 39.7 Å². The number of ether oxygens (including phenoxy) is 1. The van der Waals surface area contributed by atoms with Gasteiger partial charge in [0.15, 0.2) is 5.65 Å². The van der Waals surface area contributed by atoms with Gasteiger partial charge < -0.3 is 9.72 Å². The fraction of sp³-hybridized carbons (Fsp3) is 0.267. The lowest BCUT2D eigenvalue weighted by molar-refractivity contribution is -0.141. The van der Waals surface area contributed by atoms with Crippen LogP contribution in [0.5, 0.6) is 0 Å². The predicted molar refractivity (Wildman–Crippen MR) is 87.1 cm³/mol. The van der Waals surface area contributed by atoms with E-state index in [-0.39, 0.29) is 24.2 Å². The quantitative estimate of drug-likeness (QED) is 0.423. The number of hydrazone groups is 1. The SMILES string of the molecule is CCOC(=O)C/C(C)=N\Nc1nnc2c(n1)[nH]c1ccc(F)cc12. The molecular weight excluding hydrogens is 315 g/mol. The maximum Gasteiger partial charge on any atom is 0.311 e. The zero-order valence-electron chi connectivity index (χ0n) is 13.1. The number of benzene rings is 1. The highest BCUT2D eigenvalue weighted by Crippen LogP contribution is 2.23. The van der Waals surface area contributed by atoms with Gasteiger partial charge in [0.25, 0.3) is 5.95 Å². The number of esters is 1. The standard InChI is InChI=1S/C15H15FN6O2/c1-3-24-12(23)6-8(2)19-21-15-18-14-13(20-22-15)10-7-9(16)4-5-11(10)17-14/h4-5,7H,3,6H2,1-2H3,(H2,17,18,21,22)/b19-8-. The lowest BCUT2D eigenvalue weighted by Crippen LogP contribution is -2.10. The van der Waals surface area contributed by atoms with E-state index < -0.39 is 0 Å². The fourth-order valence-corrected chi connectivity index (χ4v) is 2.20. The highest BCUT2D eigenvalue weighted by atomic mass is 19.1. The normalized spacial score (nSPS) is 11.9. The Hall–Kier alpha value is -3.10. The van der Waals surface area contributed by atoms with Crippen molar-refractivity contribution in [3.05, 3.63) is 24.0 Å². The van der Waals surface area contributed by atoms with Crippen molar-refractivity contribution < 1.29 is 13.9 Å². The Morgan fingerprint density at radius 2 is 2.25 bits per heavy atom. The molecule has 0 aliphatic carbocycles. The number of nitrogens with one attached hydrogen (secondary N) is 2. The summed E-state index contributed by atoms with van der Waals surface area (Å²) in [5.74, 6) is -0.544. The molecule has 9 heteroatoms. The predicted octanol–water partition coefficient (Wildman–Crippen LogP) is 2.39. The average Bonchev–Trinajstić information content (AvgIpc) is 2.90. The number of aromatic nitrogens is 4. The van der Waals surface area contributed by atoms with E-state index in [1.54, 1.807) is 19.9 Å². The summed E-state index contributed by atoms with van der Waals surface area (Å²) >= 11 is 0. The molecule has 0 amide bonds. The minimum atomic E-state index is -0.355. The number of aromatic amines is 1. The Morgan fingerprint density at radius 1 is 1.42 bits per heavy atom. The summed E-state index contributed by atoms with van der Waals surface area (Å²) in [6.07, 6.45) is 0.0716. The lowest BCUT2D eigenvalue weighted by Gasteiger charge is -2.02. The molecule has 2 heterocycles. The van der Waals surface area contributed by atoms with Gasteiger partial charge in [0.2, 0.25) is 0 Å². The third-order valence-corrected chi connectivity index (χ3v) is 3.23. The van der Waals surface area contributed by atoms with Crippen LogP contribution in [0.15, 0.2) is 23.3 Å². The van der Waals surface area contributed by atoms with Gasteiger partial charge in [-0.1, -0.05) is 0 Å². The maximum atomic E-state index is 13.3. The first-order chi connectivity index (χ1) is 11.6. The van der Waals surface area contributed by atoms with E-state index in [1.807, 2.05) is 0 Å². The molecule has 0 aliphatic rings. The minimum absolute atomic E-state index is 0.0716. The van der Waals surface area contributed by atoms with Crippen LogP contribution in [0.4, 0.5) is 10.3 Å². The molecule has 2 aromatic heterocycles. The number of fused-ring (bicyclic) bond motifs is 3. The highest BCUT2D eigenvalue weighted by Gasteiger charge is 2.10. The van der Waals surface area contributed by atoms with E-state index in [0.29, 0.717) is 34.4 Å². The molecule has 0 aliphatic heterocycles. The Morgan fingerprint density at radius 3 is 3.04 bits per heavy atom. The number of nitrogens with zero attached hydrogens (tertiary/aromatic N) is 4.